The monoisotopic (exact) mass is 364 g/mol. The Hall–Kier alpha value is -2.63. The van der Waals surface area contributed by atoms with Crippen LogP contribution in [0.3, 0.4) is 0 Å². The molecule has 1 aromatic heterocycles. The van der Waals surface area contributed by atoms with Crippen molar-refractivity contribution in [1.29, 1.82) is 0 Å². The predicted octanol–water partition coefficient (Wildman–Crippen LogP) is 2.20. The van der Waals surface area contributed by atoms with Crippen molar-refractivity contribution in [1.82, 2.24) is 9.47 Å². The summed E-state index contributed by atoms with van der Waals surface area (Å²) in [4.78, 5) is 14.5. The molecular formula is C22H24N2O3. The van der Waals surface area contributed by atoms with E-state index in [0.717, 1.165) is 16.5 Å². The molecule has 1 aliphatic rings. The number of fused-ring (bicyclic) bond motifs is 1. The van der Waals surface area contributed by atoms with Crippen molar-refractivity contribution in [2.24, 2.45) is 7.05 Å². The number of aliphatic hydroxyl groups is 2. The number of aliphatic hydroxyl groups excluding tert-OH is 1. The highest BCUT2D eigenvalue weighted by Crippen LogP contribution is 2.33. The van der Waals surface area contributed by atoms with Gasteiger partial charge in [0.1, 0.15) is 11.7 Å². The molecule has 1 amide bonds. The van der Waals surface area contributed by atoms with Gasteiger partial charge in [-0.1, -0.05) is 48.5 Å². The Kier molecular flexibility index (Phi) is 4.50. The molecule has 5 heteroatoms. The van der Waals surface area contributed by atoms with Gasteiger partial charge in [-0.25, -0.2) is 0 Å². The minimum atomic E-state index is -1.31. The number of carbonyl (C=O) groups excluding carboxylic acids is 1. The lowest BCUT2D eigenvalue weighted by molar-refractivity contribution is -0.151. The number of para-hydroxylation sites is 1. The molecule has 0 saturated carbocycles. The molecular weight excluding hydrogens is 340 g/mol. The molecule has 0 unspecified atom stereocenters. The molecule has 2 heterocycles. The summed E-state index contributed by atoms with van der Waals surface area (Å²) < 4.78 is 2.02. The van der Waals surface area contributed by atoms with Gasteiger partial charge in [0.05, 0.1) is 6.42 Å². The maximum absolute atomic E-state index is 12.8. The number of carbonyl (C=O) groups is 1. The lowest BCUT2D eigenvalue weighted by Gasteiger charge is -2.42. The Morgan fingerprint density at radius 3 is 2.59 bits per heavy atom. The fraction of sp³-hybridized carbons (Fsp3) is 0.318. The van der Waals surface area contributed by atoms with E-state index in [0.29, 0.717) is 18.5 Å². The van der Waals surface area contributed by atoms with Crippen LogP contribution in [0.1, 0.15) is 17.5 Å². The molecule has 3 aromatic rings. The molecule has 2 atom stereocenters. The van der Waals surface area contributed by atoms with Crippen molar-refractivity contribution in [3.05, 3.63) is 71.9 Å². The third-order valence-electron chi connectivity index (χ3n) is 5.65. The first-order valence-electron chi connectivity index (χ1n) is 9.26. The first kappa shape index (κ1) is 17.8. The first-order valence-corrected chi connectivity index (χ1v) is 9.26. The van der Waals surface area contributed by atoms with E-state index in [1.165, 1.54) is 0 Å². The van der Waals surface area contributed by atoms with Crippen LogP contribution in [0, 0.1) is 0 Å². The predicted molar refractivity (Wildman–Crippen MR) is 104 cm³/mol. The summed E-state index contributed by atoms with van der Waals surface area (Å²) in [6.45, 7) is 0.557. The van der Waals surface area contributed by atoms with Crippen molar-refractivity contribution in [2.45, 2.75) is 24.5 Å². The van der Waals surface area contributed by atoms with Crippen LogP contribution in [0.25, 0.3) is 10.9 Å². The third kappa shape index (κ3) is 3.13. The van der Waals surface area contributed by atoms with Crippen molar-refractivity contribution >= 4 is 16.8 Å². The van der Waals surface area contributed by atoms with Gasteiger partial charge in [-0.05, 0) is 17.2 Å². The molecule has 2 aromatic carbocycles. The standard InChI is InChI=1S/C22H24N2O3/c1-23-14-16(18-9-5-6-10-19(18)23)13-21(26)24-12-11-22(27,20(25)15-24)17-7-3-2-4-8-17/h2-10,14,20,25,27H,11-13,15H2,1H3/t20-,22-/m0/s1. The van der Waals surface area contributed by atoms with Gasteiger partial charge in [-0.2, -0.15) is 0 Å². The first-order chi connectivity index (χ1) is 13.0. The Bertz CT molecular complexity index is 966. The number of rotatable bonds is 3. The topological polar surface area (TPSA) is 65.7 Å². The number of likely N-dealkylation sites (tertiary alicyclic amines) is 1. The van der Waals surface area contributed by atoms with Gasteiger partial charge in [0.25, 0.3) is 0 Å². The number of piperidine rings is 1. The van der Waals surface area contributed by atoms with Gasteiger partial charge in [-0.3, -0.25) is 4.79 Å². The minimum Gasteiger partial charge on any atom is -0.388 e. The molecule has 140 valence electrons. The second-order valence-corrected chi connectivity index (χ2v) is 7.36. The minimum absolute atomic E-state index is 0.0273. The molecule has 0 radical (unpaired) electrons. The number of hydrogen-bond donors (Lipinski definition) is 2. The normalized spacial score (nSPS) is 22.9. The molecule has 2 N–H and O–H groups in total. The lowest BCUT2D eigenvalue weighted by atomic mass is 9.82. The number of aryl methyl sites for hydroxylation is 1. The number of β-amino-alcohol motifs (C(OH)–C–C–N with tert-alkyl or cyclic N) is 1. The fourth-order valence-corrected chi connectivity index (χ4v) is 4.05. The molecule has 0 spiro atoms. The van der Waals surface area contributed by atoms with E-state index in [9.17, 15) is 15.0 Å². The highest BCUT2D eigenvalue weighted by atomic mass is 16.3. The average molecular weight is 364 g/mol. The van der Waals surface area contributed by atoms with Crippen molar-refractivity contribution in [2.75, 3.05) is 13.1 Å². The van der Waals surface area contributed by atoms with Gasteiger partial charge in [0.15, 0.2) is 0 Å². The molecule has 1 saturated heterocycles. The van der Waals surface area contributed by atoms with Crippen molar-refractivity contribution in [3.8, 4) is 0 Å². The summed E-state index contributed by atoms with van der Waals surface area (Å²) >= 11 is 0. The molecule has 4 rings (SSSR count). The summed E-state index contributed by atoms with van der Waals surface area (Å²) in [5.74, 6) is -0.0273. The fourth-order valence-electron chi connectivity index (χ4n) is 4.05. The maximum atomic E-state index is 12.8. The van der Waals surface area contributed by atoms with Crippen molar-refractivity contribution < 1.29 is 15.0 Å². The summed E-state index contributed by atoms with van der Waals surface area (Å²) in [6.07, 6.45) is 1.59. The Labute approximate surface area is 158 Å². The summed E-state index contributed by atoms with van der Waals surface area (Å²) in [5.41, 5.74) is 1.46. The summed E-state index contributed by atoms with van der Waals surface area (Å²) in [6, 6.07) is 17.2. The van der Waals surface area contributed by atoms with Gasteiger partial charge in [0.2, 0.25) is 5.91 Å². The van der Waals surface area contributed by atoms with E-state index in [1.807, 2.05) is 72.4 Å². The van der Waals surface area contributed by atoms with Crippen LogP contribution in [0.5, 0.6) is 0 Å². The highest BCUT2D eigenvalue weighted by Gasteiger charge is 2.43. The van der Waals surface area contributed by atoms with Crippen LogP contribution in [-0.2, 0) is 23.9 Å². The Morgan fingerprint density at radius 2 is 1.85 bits per heavy atom. The Balaban J connectivity index is 1.50. The molecule has 0 bridgehead atoms. The summed E-state index contributed by atoms with van der Waals surface area (Å²) in [7, 11) is 1.97. The van der Waals surface area contributed by atoms with E-state index < -0.39 is 11.7 Å². The second-order valence-electron chi connectivity index (χ2n) is 7.36. The number of aromatic nitrogens is 1. The van der Waals surface area contributed by atoms with Gasteiger partial charge < -0.3 is 19.7 Å². The quantitative estimate of drug-likeness (QED) is 0.749. The van der Waals surface area contributed by atoms with Crippen LogP contribution in [0.4, 0.5) is 0 Å². The zero-order chi connectivity index (χ0) is 19.0. The average Bonchev–Trinajstić information content (AvgIpc) is 3.00. The molecule has 1 aliphatic heterocycles. The van der Waals surface area contributed by atoms with Crippen LogP contribution < -0.4 is 0 Å². The van der Waals surface area contributed by atoms with E-state index in [4.69, 9.17) is 0 Å². The molecule has 5 nitrogen and oxygen atoms in total. The second kappa shape index (κ2) is 6.83. The lowest BCUT2D eigenvalue weighted by Crippen LogP contribution is -2.55. The number of benzene rings is 2. The zero-order valence-electron chi connectivity index (χ0n) is 15.4. The van der Waals surface area contributed by atoms with Crippen LogP contribution in [0.2, 0.25) is 0 Å². The van der Waals surface area contributed by atoms with Gasteiger partial charge in [0, 0.05) is 43.7 Å². The van der Waals surface area contributed by atoms with Crippen LogP contribution >= 0.6 is 0 Å². The molecule has 1 fully saturated rings. The van der Waals surface area contributed by atoms with Crippen LogP contribution in [0.15, 0.2) is 60.8 Å². The molecule has 27 heavy (non-hydrogen) atoms. The smallest absolute Gasteiger partial charge is 0.227 e. The van der Waals surface area contributed by atoms with E-state index >= 15 is 0 Å². The van der Waals surface area contributed by atoms with E-state index in [-0.39, 0.29) is 18.9 Å². The van der Waals surface area contributed by atoms with Crippen molar-refractivity contribution in [3.63, 3.8) is 0 Å². The van der Waals surface area contributed by atoms with Crippen LogP contribution in [-0.4, -0.2) is 44.8 Å². The SMILES string of the molecule is Cn1cc(CC(=O)N2CC[C@](O)(c3ccccc3)[C@@H](O)C2)c2ccccc21. The van der Waals surface area contributed by atoms with E-state index in [1.54, 1.807) is 4.90 Å². The van der Waals surface area contributed by atoms with Gasteiger partial charge >= 0.3 is 0 Å². The zero-order valence-corrected chi connectivity index (χ0v) is 15.4. The number of hydrogen-bond acceptors (Lipinski definition) is 3. The Morgan fingerprint density at radius 1 is 1.15 bits per heavy atom. The maximum Gasteiger partial charge on any atom is 0.227 e. The number of nitrogens with zero attached hydrogens (tertiary/aromatic N) is 2. The van der Waals surface area contributed by atoms with E-state index in [2.05, 4.69) is 0 Å². The largest absolute Gasteiger partial charge is 0.388 e. The number of amides is 1. The van der Waals surface area contributed by atoms with Gasteiger partial charge in [-0.15, -0.1) is 0 Å². The summed E-state index contributed by atoms with van der Waals surface area (Å²) in [5, 5.41) is 22.6. The molecule has 0 aliphatic carbocycles. The third-order valence-corrected chi connectivity index (χ3v) is 5.65. The highest BCUT2D eigenvalue weighted by molar-refractivity contribution is 5.89.